The Labute approximate surface area is 156 Å². The summed E-state index contributed by atoms with van der Waals surface area (Å²) in [5, 5.41) is 2.81. The van der Waals surface area contributed by atoms with Gasteiger partial charge in [-0.25, -0.2) is 8.78 Å². The molecule has 0 aromatic heterocycles. The Morgan fingerprint density at radius 3 is 2.26 bits per heavy atom. The van der Waals surface area contributed by atoms with Crippen LogP contribution in [0.5, 0.6) is 0 Å². The van der Waals surface area contributed by atoms with Crippen molar-refractivity contribution in [2.45, 2.75) is 0 Å². The molecular weight excluding hydrogens is 352 g/mol. The van der Waals surface area contributed by atoms with Gasteiger partial charge < -0.3 is 10.2 Å². The molecule has 0 aliphatic carbocycles. The summed E-state index contributed by atoms with van der Waals surface area (Å²) in [7, 11) is 0. The molecule has 2 amide bonds. The molecule has 1 fully saturated rings. The van der Waals surface area contributed by atoms with Crippen LogP contribution in [-0.2, 0) is 0 Å². The van der Waals surface area contributed by atoms with E-state index in [-0.39, 0.29) is 17.6 Å². The summed E-state index contributed by atoms with van der Waals surface area (Å²) in [6.45, 7) is 3.62. The average molecular weight is 373 g/mol. The maximum absolute atomic E-state index is 13.3. The molecule has 1 aliphatic rings. The number of carbonyl (C=O) groups is 2. The van der Waals surface area contributed by atoms with Crippen LogP contribution in [0.3, 0.4) is 0 Å². The van der Waals surface area contributed by atoms with Gasteiger partial charge in [0.25, 0.3) is 11.8 Å². The monoisotopic (exact) mass is 373 g/mol. The van der Waals surface area contributed by atoms with E-state index in [1.54, 1.807) is 11.0 Å². The van der Waals surface area contributed by atoms with Gasteiger partial charge in [-0.3, -0.25) is 14.5 Å². The van der Waals surface area contributed by atoms with Crippen molar-refractivity contribution in [3.8, 4) is 0 Å². The Morgan fingerprint density at radius 1 is 0.889 bits per heavy atom. The fourth-order valence-corrected chi connectivity index (χ4v) is 3.01. The highest BCUT2D eigenvalue weighted by atomic mass is 19.1. The minimum absolute atomic E-state index is 0.168. The lowest BCUT2D eigenvalue weighted by molar-refractivity contribution is 0.0637. The highest BCUT2D eigenvalue weighted by molar-refractivity contribution is 5.94. The predicted molar refractivity (Wildman–Crippen MR) is 97.5 cm³/mol. The number of amides is 2. The molecule has 0 bridgehead atoms. The van der Waals surface area contributed by atoms with E-state index in [2.05, 4.69) is 10.2 Å². The molecule has 2 aromatic rings. The highest BCUT2D eigenvalue weighted by Crippen LogP contribution is 2.10. The Balaban J connectivity index is 1.41. The summed E-state index contributed by atoms with van der Waals surface area (Å²) in [6, 6.07) is 11.1. The Kier molecular flexibility index (Phi) is 6.13. The van der Waals surface area contributed by atoms with Crippen molar-refractivity contribution in [2.75, 3.05) is 39.3 Å². The maximum atomic E-state index is 13.3. The predicted octanol–water partition coefficient (Wildman–Crippen LogP) is 2.15. The molecule has 3 rings (SSSR count). The summed E-state index contributed by atoms with van der Waals surface area (Å²) in [5.41, 5.74) is 0.775. The molecule has 1 saturated heterocycles. The number of halogens is 2. The lowest BCUT2D eigenvalue weighted by Gasteiger charge is -2.34. The number of nitrogens with zero attached hydrogens (tertiary/aromatic N) is 2. The minimum Gasteiger partial charge on any atom is -0.351 e. The van der Waals surface area contributed by atoms with E-state index >= 15 is 0 Å². The third kappa shape index (κ3) is 5.10. The van der Waals surface area contributed by atoms with Crippen molar-refractivity contribution >= 4 is 11.8 Å². The molecule has 0 spiro atoms. The molecule has 2 aromatic carbocycles. The van der Waals surface area contributed by atoms with Gasteiger partial charge in [-0.2, -0.15) is 0 Å². The zero-order chi connectivity index (χ0) is 19.2. The van der Waals surface area contributed by atoms with Crippen LogP contribution < -0.4 is 5.32 Å². The SMILES string of the molecule is O=C(NCCN1CCN(C(=O)c2cccc(F)c2)CC1)c1ccc(F)cc1. The maximum Gasteiger partial charge on any atom is 0.254 e. The number of nitrogens with one attached hydrogen (secondary N) is 1. The van der Waals surface area contributed by atoms with Crippen molar-refractivity contribution in [1.82, 2.24) is 15.1 Å². The molecule has 142 valence electrons. The molecule has 1 aliphatic heterocycles. The number of benzene rings is 2. The van der Waals surface area contributed by atoms with Crippen LogP contribution in [0.4, 0.5) is 8.78 Å². The van der Waals surface area contributed by atoms with Gasteiger partial charge in [-0.1, -0.05) is 6.07 Å². The van der Waals surface area contributed by atoms with Crippen molar-refractivity contribution in [3.63, 3.8) is 0 Å². The number of piperazine rings is 1. The lowest BCUT2D eigenvalue weighted by atomic mass is 10.1. The fraction of sp³-hybridized carbons (Fsp3) is 0.300. The number of hydrogen-bond donors (Lipinski definition) is 1. The van der Waals surface area contributed by atoms with Crippen molar-refractivity contribution in [1.29, 1.82) is 0 Å². The largest absolute Gasteiger partial charge is 0.351 e. The first kappa shape index (κ1) is 19.0. The summed E-state index contributed by atoms with van der Waals surface area (Å²) in [4.78, 5) is 28.3. The molecule has 27 heavy (non-hydrogen) atoms. The van der Waals surface area contributed by atoms with E-state index in [0.717, 1.165) is 0 Å². The van der Waals surface area contributed by atoms with Gasteiger partial charge in [-0.05, 0) is 42.5 Å². The summed E-state index contributed by atoms with van der Waals surface area (Å²) < 4.78 is 26.1. The average Bonchev–Trinajstić information content (AvgIpc) is 2.68. The zero-order valence-corrected chi connectivity index (χ0v) is 14.8. The number of rotatable bonds is 5. The van der Waals surface area contributed by atoms with E-state index in [1.807, 2.05) is 0 Å². The van der Waals surface area contributed by atoms with Gasteiger partial charge in [0, 0.05) is 50.4 Å². The van der Waals surface area contributed by atoms with Gasteiger partial charge in [0.2, 0.25) is 0 Å². The van der Waals surface area contributed by atoms with Crippen LogP contribution in [0.2, 0.25) is 0 Å². The topological polar surface area (TPSA) is 52.7 Å². The Morgan fingerprint density at radius 2 is 1.59 bits per heavy atom. The molecule has 1 heterocycles. The zero-order valence-electron chi connectivity index (χ0n) is 14.8. The lowest BCUT2D eigenvalue weighted by Crippen LogP contribution is -2.50. The van der Waals surface area contributed by atoms with Crippen LogP contribution in [0.1, 0.15) is 20.7 Å². The fourth-order valence-electron chi connectivity index (χ4n) is 3.01. The van der Waals surface area contributed by atoms with Crippen LogP contribution in [0.15, 0.2) is 48.5 Å². The van der Waals surface area contributed by atoms with E-state index in [4.69, 9.17) is 0 Å². The molecule has 0 saturated carbocycles. The molecule has 0 radical (unpaired) electrons. The number of carbonyl (C=O) groups excluding carboxylic acids is 2. The standard InChI is InChI=1S/C20H21F2N3O2/c21-17-6-4-15(5-7-17)19(26)23-8-9-24-10-12-25(13-11-24)20(27)16-2-1-3-18(22)14-16/h1-7,14H,8-13H2,(H,23,26). The van der Waals surface area contributed by atoms with E-state index in [0.29, 0.717) is 50.4 Å². The second kappa shape index (κ2) is 8.73. The van der Waals surface area contributed by atoms with Gasteiger partial charge in [0.05, 0.1) is 0 Å². The first-order chi connectivity index (χ1) is 13.0. The van der Waals surface area contributed by atoms with E-state index in [1.165, 1.54) is 42.5 Å². The Bertz CT molecular complexity index is 803. The van der Waals surface area contributed by atoms with Crippen molar-refractivity contribution < 1.29 is 18.4 Å². The first-order valence-corrected chi connectivity index (χ1v) is 8.84. The molecule has 0 atom stereocenters. The quantitative estimate of drug-likeness (QED) is 0.874. The van der Waals surface area contributed by atoms with E-state index < -0.39 is 5.82 Å². The van der Waals surface area contributed by atoms with Gasteiger partial charge in [0.15, 0.2) is 0 Å². The molecular formula is C20H21F2N3O2. The third-order valence-electron chi connectivity index (χ3n) is 4.55. The number of hydrogen-bond acceptors (Lipinski definition) is 3. The van der Waals surface area contributed by atoms with Crippen molar-refractivity contribution in [3.05, 3.63) is 71.3 Å². The Hall–Kier alpha value is -2.80. The van der Waals surface area contributed by atoms with Crippen LogP contribution in [0, 0.1) is 11.6 Å². The summed E-state index contributed by atoms with van der Waals surface area (Å²) >= 11 is 0. The molecule has 0 unspecified atom stereocenters. The second-order valence-corrected chi connectivity index (χ2v) is 6.41. The molecule has 1 N–H and O–H groups in total. The van der Waals surface area contributed by atoms with Crippen LogP contribution in [0.25, 0.3) is 0 Å². The van der Waals surface area contributed by atoms with Crippen molar-refractivity contribution in [2.24, 2.45) is 0 Å². The minimum atomic E-state index is -0.420. The third-order valence-corrected chi connectivity index (χ3v) is 4.55. The van der Waals surface area contributed by atoms with Gasteiger partial charge >= 0.3 is 0 Å². The van der Waals surface area contributed by atoms with E-state index in [9.17, 15) is 18.4 Å². The van der Waals surface area contributed by atoms with Crippen LogP contribution in [-0.4, -0.2) is 60.9 Å². The smallest absolute Gasteiger partial charge is 0.254 e. The van der Waals surface area contributed by atoms with Gasteiger partial charge in [0.1, 0.15) is 11.6 Å². The summed E-state index contributed by atoms with van der Waals surface area (Å²) in [5.74, 6) is -1.21. The van der Waals surface area contributed by atoms with Crippen LogP contribution >= 0.6 is 0 Å². The normalized spacial score (nSPS) is 14.8. The summed E-state index contributed by atoms with van der Waals surface area (Å²) in [6.07, 6.45) is 0. The highest BCUT2D eigenvalue weighted by Gasteiger charge is 2.22. The first-order valence-electron chi connectivity index (χ1n) is 8.84. The molecule has 7 heteroatoms. The molecule has 5 nitrogen and oxygen atoms in total. The van der Waals surface area contributed by atoms with Gasteiger partial charge in [-0.15, -0.1) is 0 Å². The second-order valence-electron chi connectivity index (χ2n) is 6.41.